The van der Waals surface area contributed by atoms with E-state index in [-0.39, 0.29) is 11.8 Å². The summed E-state index contributed by atoms with van der Waals surface area (Å²) in [4.78, 5) is 14.0. The molecule has 102 valence electrons. The average molecular weight is 252 g/mol. The van der Waals surface area contributed by atoms with Crippen molar-refractivity contribution in [3.63, 3.8) is 0 Å². The number of fused-ring (bicyclic) bond motifs is 1. The van der Waals surface area contributed by atoms with Gasteiger partial charge in [0, 0.05) is 25.0 Å². The van der Waals surface area contributed by atoms with Gasteiger partial charge < -0.3 is 15.3 Å². The number of amides is 1. The van der Waals surface area contributed by atoms with Gasteiger partial charge in [0.05, 0.1) is 5.60 Å². The van der Waals surface area contributed by atoms with Gasteiger partial charge in [-0.3, -0.25) is 4.79 Å². The second-order valence-corrected chi connectivity index (χ2v) is 6.38. The summed E-state index contributed by atoms with van der Waals surface area (Å²) in [5, 5.41) is 14.1. The Morgan fingerprint density at radius 3 is 2.78 bits per heavy atom. The molecule has 0 aromatic rings. The van der Waals surface area contributed by atoms with Crippen molar-refractivity contribution in [2.45, 2.75) is 50.2 Å². The molecule has 0 unspecified atom stereocenters. The van der Waals surface area contributed by atoms with E-state index in [1.807, 2.05) is 11.9 Å². The highest BCUT2D eigenvalue weighted by Crippen LogP contribution is 2.41. The Bertz CT molecular complexity index is 343. The van der Waals surface area contributed by atoms with Crippen molar-refractivity contribution in [3.8, 4) is 0 Å². The van der Waals surface area contributed by atoms with Crippen molar-refractivity contribution >= 4 is 5.91 Å². The second kappa shape index (κ2) is 4.49. The van der Waals surface area contributed by atoms with Crippen LogP contribution in [-0.2, 0) is 4.79 Å². The molecule has 0 radical (unpaired) electrons. The number of aliphatic hydroxyl groups is 1. The van der Waals surface area contributed by atoms with Crippen molar-refractivity contribution in [1.29, 1.82) is 0 Å². The first-order chi connectivity index (χ1) is 8.62. The maximum atomic E-state index is 12.1. The summed E-state index contributed by atoms with van der Waals surface area (Å²) < 4.78 is 0. The summed E-state index contributed by atoms with van der Waals surface area (Å²) in [7, 11) is 2.00. The molecule has 3 rings (SSSR count). The number of rotatable bonds is 2. The van der Waals surface area contributed by atoms with Gasteiger partial charge in [-0.2, -0.15) is 0 Å². The van der Waals surface area contributed by atoms with Crippen LogP contribution in [0.3, 0.4) is 0 Å². The van der Waals surface area contributed by atoms with Gasteiger partial charge in [0.15, 0.2) is 0 Å². The Kier molecular flexibility index (Phi) is 3.10. The van der Waals surface area contributed by atoms with E-state index in [1.165, 1.54) is 0 Å². The molecule has 18 heavy (non-hydrogen) atoms. The van der Waals surface area contributed by atoms with E-state index in [9.17, 15) is 9.90 Å². The molecule has 1 aliphatic heterocycles. The van der Waals surface area contributed by atoms with E-state index >= 15 is 0 Å². The van der Waals surface area contributed by atoms with Crippen molar-refractivity contribution in [2.24, 2.45) is 11.8 Å². The molecule has 3 aliphatic rings. The third-order valence-electron chi connectivity index (χ3n) is 5.11. The lowest BCUT2D eigenvalue weighted by atomic mass is 9.69. The highest BCUT2D eigenvalue weighted by molar-refractivity contribution is 5.81. The monoisotopic (exact) mass is 252 g/mol. The van der Waals surface area contributed by atoms with Gasteiger partial charge in [-0.05, 0) is 51.5 Å². The standard InChI is InChI=1S/C14H24N2O2/c1-15-12-4-6-14(18)9-16(7-5-11(14)8-12)13(17)10-2-3-10/h10-12,15,18H,2-9H2,1H3/t11-,12-,14-/m1/s1. The van der Waals surface area contributed by atoms with E-state index in [4.69, 9.17) is 0 Å². The predicted octanol–water partition coefficient (Wildman–Crippen LogP) is 0.748. The third kappa shape index (κ3) is 2.16. The van der Waals surface area contributed by atoms with E-state index in [2.05, 4.69) is 5.32 Å². The normalized spacial score (nSPS) is 40.4. The summed E-state index contributed by atoms with van der Waals surface area (Å²) in [6.07, 6.45) is 5.98. The van der Waals surface area contributed by atoms with Crippen LogP contribution >= 0.6 is 0 Å². The molecule has 0 aromatic carbocycles. The quantitative estimate of drug-likeness (QED) is 0.762. The molecule has 1 heterocycles. The number of likely N-dealkylation sites (tertiary alicyclic amines) is 1. The molecular formula is C14H24N2O2. The number of β-amino-alcohol motifs (C(OH)–C–C–N with tert-alkyl or cyclic N) is 1. The van der Waals surface area contributed by atoms with Crippen LogP contribution in [0.15, 0.2) is 0 Å². The molecule has 3 fully saturated rings. The Morgan fingerprint density at radius 1 is 1.33 bits per heavy atom. The molecule has 4 nitrogen and oxygen atoms in total. The van der Waals surface area contributed by atoms with Crippen molar-refractivity contribution in [2.75, 3.05) is 20.1 Å². The summed E-state index contributed by atoms with van der Waals surface area (Å²) in [5.41, 5.74) is -0.615. The lowest BCUT2D eigenvalue weighted by Crippen LogP contribution is -2.59. The van der Waals surface area contributed by atoms with Crippen LogP contribution < -0.4 is 5.32 Å². The molecule has 2 saturated carbocycles. The predicted molar refractivity (Wildman–Crippen MR) is 69.1 cm³/mol. The summed E-state index contributed by atoms with van der Waals surface area (Å²) >= 11 is 0. The Hall–Kier alpha value is -0.610. The van der Waals surface area contributed by atoms with Gasteiger partial charge in [-0.25, -0.2) is 0 Å². The van der Waals surface area contributed by atoms with Gasteiger partial charge >= 0.3 is 0 Å². The van der Waals surface area contributed by atoms with Gasteiger partial charge in [0.1, 0.15) is 0 Å². The minimum atomic E-state index is -0.615. The summed E-state index contributed by atoms with van der Waals surface area (Å²) in [5.74, 6) is 0.934. The van der Waals surface area contributed by atoms with E-state index in [1.54, 1.807) is 0 Å². The molecule has 0 aromatic heterocycles. The largest absolute Gasteiger partial charge is 0.388 e. The minimum absolute atomic E-state index is 0.277. The molecule has 0 spiro atoms. The summed E-state index contributed by atoms with van der Waals surface area (Å²) in [6, 6.07) is 0.543. The average Bonchev–Trinajstić information content (AvgIpc) is 3.20. The van der Waals surface area contributed by atoms with Gasteiger partial charge in [0.2, 0.25) is 5.91 Å². The zero-order chi connectivity index (χ0) is 12.8. The molecule has 0 bridgehead atoms. The van der Waals surface area contributed by atoms with Crippen LogP contribution in [0.4, 0.5) is 0 Å². The first-order valence-corrected chi connectivity index (χ1v) is 7.31. The lowest BCUT2D eigenvalue weighted by molar-refractivity contribution is -0.149. The van der Waals surface area contributed by atoms with Crippen LogP contribution in [0, 0.1) is 11.8 Å². The van der Waals surface area contributed by atoms with Crippen LogP contribution in [0.1, 0.15) is 38.5 Å². The fourth-order valence-electron chi connectivity index (χ4n) is 3.66. The SMILES string of the molecule is CN[C@@H]1CC[C@@]2(O)CN(C(=O)C3CC3)CC[C@@H]2C1. The number of hydrogen-bond donors (Lipinski definition) is 2. The van der Waals surface area contributed by atoms with Crippen LogP contribution in [0.25, 0.3) is 0 Å². The first kappa shape index (κ1) is 12.4. The number of nitrogens with zero attached hydrogens (tertiary/aromatic N) is 1. The Labute approximate surface area is 109 Å². The number of hydrogen-bond acceptors (Lipinski definition) is 3. The molecule has 3 atom stereocenters. The van der Waals surface area contributed by atoms with Crippen molar-refractivity contribution in [3.05, 3.63) is 0 Å². The van der Waals surface area contributed by atoms with E-state index in [0.717, 1.165) is 45.1 Å². The number of carbonyl (C=O) groups excluding carboxylic acids is 1. The minimum Gasteiger partial charge on any atom is -0.388 e. The van der Waals surface area contributed by atoms with Gasteiger partial charge in [-0.15, -0.1) is 0 Å². The zero-order valence-electron chi connectivity index (χ0n) is 11.2. The van der Waals surface area contributed by atoms with E-state index in [0.29, 0.717) is 18.5 Å². The smallest absolute Gasteiger partial charge is 0.225 e. The maximum absolute atomic E-state index is 12.1. The van der Waals surface area contributed by atoms with Crippen molar-refractivity contribution in [1.82, 2.24) is 10.2 Å². The molecule has 1 saturated heterocycles. The topological polar surface area (TPSA) is 52.6 Å². The lowest BCUT2D eigenvalue weighted by Gasteiger charge is -2.49. The first-order valence-electron chi connectivity index (χ1n) is 7.31. The van der Waals surface area contributed by atoms with Gasteiger partial charge in [-0.1, -0.05) is 0 Å². The fourth-order valence-corrected chi connectivity index (χ4v) is 3.66. The number of nitrogens with one attached hydrogen (secondary N) is 1. The molecule has 2 N–H and O–H groups in total. The number of carbonyl (C=O) groups is 1. The Balaban J connectivity index is 1.66. The molecule has 2 aliphatic carbocycles. The van der Waals surface area contributed by atoms with Crippen LogP contribution in [-0.4, -0.2) is 47.7 Å². The highest BCUT2D eigenvalue weighted by Gasteiger charge is 2.47. The molecule has 1 amide bonds. The van der Waals surface area contributed by atoms with Crippen LogP contribution in [0.2, 0.25) is 0 Å². The number of piperidine rings is 1. The fraction of sp³-hybridized carbons (Fsp3) is 0.929. The Morgan fingerprint density at radius 2 is 2.11 bits per heavy atom. The van der Waals surface area contributed by atoms with Gasteiger partial charge in [0.25, 0.3) is 0 Å². The third-order valence-corrected chi connectivity index (χ3v) is 5.11. The maximum Gasteiger partial charge on any atom is 0.225 e. The summed E-state index contributed by atoms with van der Waals surface area (Å²) in [6.45, 7) is 1.42. The molecular weight excluding hydrogens is 228 g/mol. The van der Waals surface area contributed by atoms with Crippen molar-refractivity contribution < 1.29 is 9.90 Å². The molecule has 4 heteroatoms. The second-order valence-electron chi connectivity index (χ2n) is 6.38. The van der Waals surface area contributed by atoms with E-state index < -0.39 is 5.60 Å². The zero-order valence-corrected chi connectivity index (χ0v) is 11.2. The van der Waals surface area contributed by atoms with Crippen LogP contribution in [0.5, 0.6) is 0 Å². The highest BCUT2D eigenvalue weighted by atomic mass is 16.3.